The summed E-state index contributed by atoms with van der Waals surface area (Å²) in [6, 6.07) is 4.53. The number of hydrogen-bond donors (Lipinski definition) is 0. The smallest absolute Gasteiger partial charge is 0.243 e. The quantitative estimate of drug-likeness (QED) is 0.794. The second kappa shape index (κ2) is 4.59. The number of halogens is 2. The van der Waals surface area contributed by atoms with Crippen molar-refractivity contribution in [2.75, 3.05) is 6.61 Å². The second-order valence-electron chi connectivity index (χ2n) is 4.49. The van der Waals surface area contributed by atoms with E-state index in [0.717, 1.165) is 19.3 Å². The van der Waals surface area contributed by atoms with Crippen molar-refractivity contribution in [3.8, 4) is 6.07 Å². The normalized spacial score (nSPS) is 19.5. The first-order valence-corrected chi connectivity index (χ1v) is 6.10. The Balaban J connectivity index is 2.17. The number of aromatic nitrogens is 2. The maximum Gasteiger partial charge on any atom is 0.243 e. The van der Waals surface area contributed by atoms with Gasteiger partial charge in [-0.05, 0) is 31.4 Å². The predicted molar refractivity (Wildman–Crippen MR) is 63.2 cm³/mol. The zero-order valence-corrected chi connectivity index (χ0v) is 10.1. The molecule has 0 radical (unpaired) electrons. The Morgan fingerprint density at radius 3 is 2.89 bits per heavy atom. The van der Waals surface area contributed by atoms with Crippen molar-refractivity contribution in [3.05, 3.63) is 29.5 Å². The largest absolute Gasteiger partial charge is 0.356 e. The van der Waals surface area contributed by atoms with Crippen LogP contribution >= 0.6 is 0 Å². The summed E-state index contributed by atoms with van der Waals surface area (Å²) < 4.78 is 34.7. The molecule has 19 heavy (non-hydrogen) atoms. The highest BCUT2D eigenvalue weighted by Gasteiger charge is 2.23. The summed E-state index contributed by atoms with van der Waals surface area (Å²) in [6.07, 6.45) is 2.28. The van der Waals surface area contributed by atoms with E-state index in [4.69, 9.17) is 10.00 Å². The third kappa shape index (κ3) is 1.87. The summed E-state index contributed by atoms with van der Waals surface area (Å²) in [5.74, 6) is -1.77. The highest BCUT2D eigenvalue weighted by atomic mass is 19.1. The van der Waals surface area contributed by atoms with Crippen LogP contribution in [0.25, 0.3) is 10.9 Å². The van der Waals surface area contributed by atoms with Gasteiger partial charge in [0, 0.05) is 6.61 Å². The molecule has 1 unspecified atom stereocenters. The van der Waals surface area contributed by atoms with Gasteiger partial charge < -0.3 is 4.74 Å². The van der Waals surface area contributed by atoms with Gasteiger partial charge in [-0.3, -0.25) is 0 Å². The Morgan fingerprint density at radius 1 is 1.37 bits per heavy atom. The van der Waals surface area contributed by atoms with Gasteiger partial charge in [-0.15, -0.1) is 5.10 Å². The van der Waals surface area contributed by atoms with Gasteiger partial charge in [0.2, 0.25) is 5.95 Å². The lowest BCUT2D eigenvalue weighted by Crippen LogP contribution is -2.19. The minimum Gasteiger partial charge on any atom is -0.356 e. The van der Waals surface area contributed by atoms with Crippen molar-refractivity contribution < 1.29 is 13.5 Å². The Hall–Kier alpha value is -2.00. The highest BCUT2D eigenvalue weighted by Crippen LogP contribution is 2.29. The monoisotopic (exact) mass is 263 g/mol. The van der Waals surface area contributed by atoms with Crippen LogP contribution in [0.5, 0.6) is 0 Å². The molecule has 0 amide bonds. The number of ether oxygens (including phenoxy) is 1. The minimum absolute atomic E-state index is 0.185. The standard InChI is InChI=1S/C13H11F2N3O/c14-12-8(7-16)4-5-9-11(12)13(15)17-18(9)10-3-1-2-6-19-10/h4-5,10H,1-3,6H2. The number of fused-ring (bicyclic) bond motifs is 1. The van der Waals surface area contributed by atoms with Crippen molar-refractivity contribution in [1.82, 2.24) is 9.78 Å². The molecule has 2 heterocycles. The topological polar surface area (TPSA) is 50.8 Å². The highest BCUT2D eigenvalue weighted by molar-refractivity contribution is 5.81. The average Bonchev–Trinajstić information content (AvgIpc) is 2.78. The number of nitrogens with zero attached hydrogens (tertiary/aromatic N) is 3. The van der Waals surface area contributed by atoms with Gasteiger partial charge in [-0.1, -0.05) is 0 Å². The first-order valence-electron chi connectivity index (χ1n) is 6.10. The van der Waals surface area contributed by atoms with Crippen LogP contribution in [0.15, 0.2) is 12.1 Å². The van der Waals surface area contributed by atoms with Crippen molar-refractivity contribution in [3.63, 3.8) is 0 Å². The van der Waals surface area contributed by atoms with E-state index in [2.05, 4.69) is 5.10 Å². The fourth-order valence-corrected chi connectivity index (χ4v) is 2.37. The van der Waals surface area contributed by atoms with E-state index in [1.54, 1.807) is 6.07 Å². The molecule has 3 rings (SSSR count). The molecule has 0 N–H and O–H groups in total. The van der Waals surface area contributed by atoms with Gasteiger partial charge >= 0.3 is 0 Å². The van der Waals surface area contributed by atoms with Crippen LogP contribution in [-0.4, -0.2) is 16.4 Å². The van der Waals surface area contributed by atoms with Gasteiger partial charge in [0.25, 0.3) is 0 Å². The Bertz CT molecular complexity index is 669. The summed E-state index contributed by atoms with van der Waals surface area (Å²) in [6.45, 7) is 0.590. The molecule has 1 aromatic carbocycles. The van der Waals surface area contributed by atoms with Gasteiger partial charge in [0.1, 0.15) is 6.07 Å². The predicted octanol–water partition coefficient (Wildman–Crippen LogP) is 2.89. The summed E-state index contributed by atoms with van der Waals surface area (Å²) in [4.78, 5) is 0. The SMILES string of the molecule is N#Cc1ccc2c(c(F)nn2C2CCCCO2)c1F. The van der Waals surface area contributed by atoms with E-state index >= 15 is 0 Å². The van der Waals surface area contributed by atoms with Gasteiger partial charge in [0.15, 0.2) is 12.0 Å². The zero-order valence-electron chi connectivity index (χ0n) is 10.1. The average molecular weight is 263 g/mol. The Morgan fingerprint density at radius 2 is 2.21 bits per heavy atom. The molecule has 1 aliphatic heterocycles. The molecular formula is C13H11F2N3O. The van der Waals surface area contributed by atoms with E-state index in [-0.39, 0.29) is 17.2 Å². The summed E-state index contributed by atoms with van der Waals surface area (Å²) in [5, 5.41) is 12.2. The lowest BCUT2D eigenvalue weighted by atomic mass is 10.1. The third-order valence-electron chi connectivity index (χ3n) is 3.32. The van der Waals surface area contributed by atoms with Crippen LogP contribution in [0.3, 0.4) is 0 Å². The number of rotatable bonds is 1. The van der Waals surface area contributed by atoms with Crippen molar-refractivity contribution in [1.29, 1.82) is 5.26 Å². The maximum absolute atomic E-state index is 14.0. The number of nitriles is 1. The fraction of sp³-hybridized carbons (Fsp3) is 0.385. The van der Waals surface area contributed by atoms with Crippen LogP contribution in [0.4, 0.5) is 8.78 Å². The molecule has 6 heteroatoms. The molecule has 0 bridgehead atoms. The van der Waals surface area contributed by atoms with Gasteiger partial charge in [-0.25, -0.2) is 9.07 Å². The minimum atomic E-state index is -0.904. The van der Waals surface area contributed by atoms with E-state index in [1.807, 2.05) is 0 Å². The van der Waals surface area contributed by atoms with Gasteiger partial charge in [-0.2, -0.15) is 9.65 Å². The molecule has 0 aliphatic carbocycles. The maximum atomic E-state index is 14.0. The molecule has 1 aromatic heterocycles. The van der Waals surface area contributed by atoms with E-state index in [1.165, 1.54) is 16.8 Å². The lowest BCUT2D eigenvalue weighted by Gasteiger charge is -2.23. The van der Waals surface area contributed by atoms with Crippen molar-refractivity contribution in [2.24, 2.45) is 0 Å². The number of benzene rings is 1. The molecule has 0 saturated carbocycles. The molecule has 2 aromatic rings. The molecule has 1 fully saturated rings. The molecule has 1 saturated heterocycles. The van der Waals surface area contributed by atoms with E-state index < -0.39 is 11.8 Å². The summed E-state index contributed by atoms with van der Waals surface area (Å²) >= 11 is 0. The van der Waals surface area contributed by atoms with Crippen LogP contribution in [0, 0.1) is 23.1 Å². The summed E-state index contributed by atoms with van der Waals surface area (Å²) in [7, 11) is 0. The molecule has 0 spiro atoms. The fourth-order valence-electron chi connectivity index (χ4n) is 2.37. The Kier molecular flexibility index (Phi) is 2.91. The molecule has 98 valence electrons. The van der Waals surface area contributed by atoms with Crippen LogP contribution in [-0.2, 0) is 4.74 Å². The molecule has 1 atom stereocenters. The zero-order chi connectivity index (χ0) is 13.4. The lowest BCUT2D eigenvalue weighted by molar-refractivity contribution is -0.0375. The van der Waals surface area contributed by atoms with Crippen LogP contribution < -0.4 is 0 Å². The molecule has 4 nitrogen and oxygen atoms in total. The second-order valence-corrected chi connectivity index (χ2v) is 4.49. The van der Waals surface area contributed by atoms with Crippen LogP contribution in [0.2, 0.25) is 0 Å². The summed E-state index contributed by atoms with van der Waals surface area (Å²) in [5.41, 5.74) is 0.136. The first kappa shape index (κ1) is 12.1. The van der Waals surface area contributed by atoms with Gasteiger partial charge in [0.05, 0.1) is 16.5 Å². The van der Waals surface area contributed by atoms with Crippen molar-refractivity contribution in [2.45, 2.75) is 25.5 Å². The third-order valence-corrected chi connectivity index (χ3v) is 3.32. The molecular weight excluding hydrogens is 252 g/mol. The Labute approximate surface area is 108 Å². The number of hydrogen-bond acceptors (Lipinski definition) is 3. The van der Waals surface area contributed by atoms with Crippen molar-refractivity contribution >= 4 is 10.9 Å². The van der Waals surface area contributed by atoms with E-state index in [9.17, 15) is 8.78 Å². The van der Waals surface area contributed by atoms with Crippen LogP contribution in [0.1, 0.15) is 31.1 Å². The van der Waals surface area contributed by atoms with E-state index in [0.29, 0.717) is 12.1 Å². The molecule has 1 aliphatic rings. The first-order chi connectivity index (χ1) is 9.22.